The van der Waals surface area contributed by atoms with Crippen molar-refractivity contribution in [1.29, 1.82) is 0 Å². The van der Waals surface area contributed by atoms with Gasteiger partial charge in [-0.05, 0) is 12.0 Å². The number of methoxy groups -OCH3 is 1. The number of hydrogen-bond acceptors (Lipinski definition) is 6. The first kappa shape index (κ1) is 14.0. The van der Waals surface area contributed by atoms with Crippen LogP contribution in [0.2, 0.25) is 0 Å². The molecule has 0 radical (unpaired) electrons. The van der Waals surface area contributed by atoms with Crippen LogP contribution in [0, 0.1) is 0 Å². The Kier molecular flexibility index (Phi) is 3.74. The van der Waals surface area contributed by atoms with Crippen molar-refractivity contribution in [1.82, 2.24) is 4.98 Å². The van der Waals surface area contributed by atoms with Gasteiger partial charge < -0.3 is 14.2 Å². The molecule has 0 spiro atoms. The van der Waals surface area contributed by atoms with Gasteiger partial charge in [-0.2, -0.15) is 0 Å². The molecule has 0 saturated carbocycles. The summed E-state index contributed by atoms with van der Waals surface area (Å²) in [5, 5.41) is 0. The highest BCUT2D eigenvalue weighted by Gasteiger charge is 2.38. The zero-order valence-corrected chi connectivity index (χ0v) is 11.5. The molecule has 0 unspecified atom stereocenters. The van der Waals surface area contributed by atoms with Crippen LogP contribution in [-0.4, -0.2) is 29.8 Å². The first-order valence-corrected chi connectivity index (χ1v) is 6.07. The van der Waals surface area contributed by atoms with Crippen molar-refractivity contribution < 1.29 is 23.8 Å². The molecule has 1 fully saturated rings. The van der Waals surface area contributed by atoms with Crippen LogP contribution in [-0.2, 0) is 25.5 Å². The molecule has 106 valence electrons. The molecule has 0 amide bonds. The molecule has 2 rings (SSSR count). The lowest BCUT2D eigenvalue weighted by molar-refractivity contribution is -0.222. The van der Waals surface area contributed by atoms with Crippen LogP contribution in [0.1, 0.15) is 19.4 Å². The fraction of sp³-hybridized carbons (Fsp3) is 0.357. The van der Waals surface area contributed by atoms with E-state index in [1.807, 2.05) is 0 Å². The van der Waals surface area contributed by atoms with Crippen molar-refractivity contribution in [3.05, 3.63) is 35.5 Å². The summed E-state index contributed by atoms with van der Waals surface area (Å²) in [4.78, 5) is 27.5. The van der Waals surface area contributed by atoms with E-state index in [-0.39, 0.29) is 5.57 Å². The van der Waals surface area contributed by atoms with Gasteiger partial charge in [0.25, 0.3) is 5.79 Å². The normalized spacial score (nSPS) is 17.2. The maximum atomic E-state index is 11.7. The number of carbonyl (C=O) groups is 2. The molecule has 0 bridgehead atoms. The second-order valence-electron chi connectivity index (χ2n) is 4.71. The minimum absolute atomic E-state index is 0.0971. The number of pyridine rings is 1. The number of esters is 2. The van der Waals surface area contributed by atoms with Gasteiger partial charge in [-0.3, -0.25) is 0 Å². The van der Waals surface area contributed by atoms with Gasteiger partial charge in [0.15, 0.2) is 0 Å². The van der Waals surface area contributed by atoms with Gasteiger partial charge in [-0.25, -0.2) is 14.6 Å². The van der Waals surface area contributed by atoms with E-state index < -0.39 is 17.7 Å². The first-order valence-electron chi connectivity index (χ1n) is 6.07. The minimum Gasteiger partial charge on any atom is -0.481 e. The average molecular weight is 277 g/mol. The van der Waals surface area contributed by atoms with Gasteiger partial charge in [0.05, 0.1) is 7.11 Å². The Hall–Kier alpha value is -2.37. The van der Waals surface area contributed by atoms with Crippen LogP contribution in [0.25, 0.3) is 0 Å². The molecule has 0 atom stereocenters. The van der Waals surface area contributed by atoms with Crippen LogP contribution in [0.5, 0.6) is 5.88 Å². The van der Waals surface area contributed by atoms with Crippen LogP contribution < -0.4 is 4.74 Å². The molecule has 0 N–H and O–H groups in total. The predicted molar refractivity (Wildman–Crippen MR) is 68.8 cm³/mol. The van der Waals surface area contributed by atoms with Crippen LogP contribution >= 0.6 is 0 Å². The topological polar surface area (TPSA) is 74.7 Å². The smallest absolute Gasteiger partial charge is 0.348 e. The molecule has 6 heteroatoms. The Bertz CT molecular complexity index is 537. The van der Waals surface area contributed by atoms with E-state index in [0.717, 1.165) is 5.56 Å². The third-order valence-electron chi connectivity index (χ3n) is 2.67. The molecule has 20 heavy (non-hydrogen) atoms. The van der Waals surface area contributed by atoms with E-state index in [2.05, 4.69) is 4.98 Å². The number of hydrogen-bond donors (Lipinski definition) is 0. The average Bonchev–Trinajstić information content (AvgIpc) is 2.37. The summed E-state index contributed by atoms with van der Waals surface area (Å²) in [6.45, 7) is 3.01. The van der Waals surface area contributed by atoms with E-state index in [1.54, 1.807) is 18.3 Å². The molecule has 6 nitrogen and oxygen atoms in total. The summed E-state index contributed by atoms with van der Waals surface area (Å²) >= 11 is 0. The van der Waals surface area contributed by atoms with Crippen molar-refractivity contribution in [2.24, 2.45) is 0 Å². The van der Waals surface area contributed by atoms with E-state index in [4.69, 9.17) is 14.2 Å². The highest BCUT2D eigenvalue weighted by Crippen LogP contribution is 2.22. The fourth-order valence-corrected chi connectivity index (χ4v) is 1.70. The quantitative estimate of drug-likeness (QED) is 0.472. The summed E-state index contributed by atoms with van der Waals surface area (Å²) in [7, 11) is 1.53. The number of carbonyl (C=O) groups excluding carboxylic acids is 2. The largest absolute Gasteiger partial charge is 0.481 e. The Morgan fingerprint density at radius 3 is 2.40 bits per heavy atom. The summed E-state index contributed by atoms with van der Waals surface area (Å²) in [5.41, 5.74) is 0.740. The van der Waals surface area contributed by atoms with Crippen LogP contribution in [0.15, 0.2) is 30.0 Å². The SMILES string of the molecule is COc1ccc(CC=C2C(=O)OC(C)(C)OC2=O)cn1. The van der Waals surface area contributed by atoms with Crippen molar-refractivity contribution in [3.63, 3.8) is 0 Å². The number of cyclic esters (lactones) is 2. The molecule has 0 aromatic carbocycles. The number of nitrogens with zero attached hydrogens (tertiary/aromatic N) is 1. The first-order chi connectivity index (χ1) is 9.41. The maximum Gasteiger partial charge on any atom is 0.348 e. The summed E-state index contributed by atoms with van der Waals surface area (Å²) in [6.07, 6.45) is 3.46. The van der Waals surface area contributed by atoms with Gasteiger partial charge in [-0.1, -0.05) is 12.1 Å². The molecule has 1 aliphatic heterocycles. The number of rotatable bonds is 3. The zero-order valence-electron chi connectivity index (χ0n) is 11.5. The molecule has 0 aliphatic carbocycles. The van der Waals surface area contributed by atoms with Crippen molar-refractivity contribution >= 4 is 11.9 Å². The Labute approximate surface area is 116 Å². The minimum atomic E-state index is -1.22. The summed E-state index contributed by atoms with van der Waals surface area (Å²) < 4.78 is 14.9. The third-order valence-corrected chi connectivity index (χ3v) is 2.67. The van der Waals surface area contributed by atoms with Crippen LogP contribution in [0.3, 0.4) is 0 Å². The highest BCUT2D eigenvalue weighted by molar-refractivity contribution is 6.15. The lowest BCUT2D eigenvalue weighted by Gasteiger charge is -2.29. The maximum absolute atomic E-state index is 11.7. The molecule has 1 aromatic rings. The Morgan fingerprint density at radius 1 is 1.25 bits per heavy atom. The molecular weight excluding hydrogens is 262 g/mol. The molecule has 1 aromatic heterocycles. The monoisotopic (exact) mass is 277 g/mol. The summed E-state index contributed by atoms with van der Waals surface area (Å²) in [5.74, 6) is -2.06. The molecular formula is C14H15NO5. The van der Waals surface area contributed by atoms with Gasteiger partial charge in [0.2, 0.25) is 5.88 Å². The van der Waals surface area contributed by atoms with E-state index in [9.17, 15) is 9.59 Å². The fourth-order valence-electron chi connectivity index (χ4n) is 1.70. The molecule has 2 heterocycles. The predicted octanol–water partition coefficient (Wildman–Crippen LogP) is 1.40. The molecule has 1 saturated heterocycles. The van der Waals surface area contributed by atoms with Gasteiger partial charge >= 0.3 is 11.9 Å². The van der Waals surface area contributed by atoms with Crippen molar-refractivity contribution in [2.75, 3.05) is 7.11 Å². The van der Waals surface area contributed by atoms with Crippen molar-refractivity contribution in [2.45, 2.75) is 26.1 Å². The lowest BCUT2D eigenvalue weighted by atomic mass is 10.1. The Morgan fingerprint density at radius 2 is 1.90 bits per heavy atom. The second kappa shape index (κ2) is 5.32. The van der Waals surface area contributed by atoms with E-state index >= 15 is 0 Å². The third kappa shape index (κ3) is 3.14. The highest BCUT2D eigenvalue weighted by atomic mass is 16.7. The number of aromatic nitrogens is 1. The van der Waals surface area contributed by atoms with Crippen LogP contribution in [0.4, 0.5) is 0 Å². The number of allylic oxidation sites excluding steroid dienone is 1. The van der Waals surface area contributed by atoms with Crippen molar-refractivity contribution in [3.8, 4) is 5.88 Å². The Balaban J connectivity index is 2.10. The molecule has 1 aliphatic rings. The zero-order chi connectivity index (χ0) is 14.8. The number of ether oxygens (including phenoxy) is 3. The van der Waals surface area contributed by atoms with E-state index in [1.165, 1.54) is 27.0 Å². The lowest BCUT2D eigenvalue weighted by Crippen LogP contribution is -2.41. The van der Waals surface area contributed by atoms with Gasteiger partial charge in [0.1, 0.15) is 5.57 Å². The standard InChI is InChI=1S/C14H15NO5/c1-14(2)19-12(16)10(13(17)20-14)6-4-9-5-7-11(18-3)15-8-9/h5-8H,4H2,1-3H3. The summed E-state index contributed by atoms with van der Waals surface area (Å²) in [6, 6.07) is 3.50. The van der Waals surface area contributed by atoms with Gasteiger partial charge in [-0.15, -0.1) is 0 Å². The van der Waals surface area contributed by atoms with E-state index in [0.29, 0.717) is 12.3 Å². The second-order valence-corrected chi connectivity index (χ2v) is 4.71. The van der Waals surface area contributed by atoms with Gasteiger partial charge in [0, 0.05) is 26.1 Å².